The molecule has 28 heavy (non-hydrogen) atoms. The van der Waals surface area contributed by atoms with Crippen molar-refractivity contribution < 1.29 is 14.2 Å². The van der Waals surface area contributed by atoms with E-state index in [-0.39, 0.29) is 30.8 Å². The molecule has 7 nitrogen and oxygen atoms in total. The van der Waals surface area contributed by atoms with Crippen molar-refractivity contribution in [3.8, 4) is 17.2 Å². The van der Waals surface area contributed by atoms with E-state index in [1.165, 1.54) is 25.8 Å². The van der Waals surface area contributed by atoms with Gasteiger partial charge < -0.3 is 29.7 Å². The Balaban J connectivity index is 0.00000280. The van der Waals surface area contributed by atoms with Crippen molar-refractivity contribution in [2.24, 2.45) is 4.99 Å². The second-order valence-electron chi connectivity index (χ2n) is 7.02. The lowest BCUT2D eigenvalue weighted by molar-refractivity contribution is 0.159. The normalized spacial score (nSPS) is 19.1. The van der Waals surface area contributed by atoms with Crippen LogP contribution < -0.4 is 24.8 Å². The number of benzene rings is 1. The Morgan fingerprint density at radius 2 is 2.04 bits per heavy atom. The summed E-state index contributed by atoms with van der Waals surface area (Å²) in [5.41, 5.74) is 0. The van der Waals surface area contributed by atoms with Crippen LogP contribution in [0.4, 0.5) is 0 Å². The average Bonchev–Trinajstić information content (AvgIpc) is 3.16. The number of ether oxygens (including phenoxy) is 3. The zero-order valence-electron chi connectivity index (χ0n) is 16.9. The lowest BCUT2D eigenvalue weighted by Crippen LogP contribution is -2.42. The first kappa shape index (κ1) is 22.9. The van der Waals surface area contributed by atoms with Gasteiger partial charge >= 0.3 is 0 Å². The van der Waals surface area contributed by atoms with Crippen molar-refractivity contribution in [1.82, 2.24) is 15.5 Å². The number of piperidine rings is 1. The Morgan fingerprint density at radius 3 is 2.86 bits per heavy atom. The summed E-state index contributed by atoms with van der Waals surface area (Å²) >= 11 is 0. The predicted octanol–water partition coefficient (Wildman–Crippen LogP) is 2.84. The topological polar surface area (TPSA) is 67.4 Å². The monoisotopic (exact) mass is 504 g/mol. The molecule has 3 rings (SSSR count). The number of likely N-dealkylation sites (tertiary alicyclic amines) is 1. The van der Waals surface area contributed by atoms with Crippen molar-refractivity contribution >= 4 is 29.9 Å². The third-order valence-corrected chi connectivity index (χ3v) is 5.09. The van der Waals surface area contributed by atoms with Crippen LogP contribution in [0, 0.1) is 0 Å². The Bertz CT molecular complexity index is 629. The van der Waals surface area contributed by atoms with Crippen molar-refractivity contribution in [3.63, 3.8) is 0 Å². The van der Waals surface area contributed by atoms with Gasteiger partial charge in [0.05, 0.1) is 6.54 Å². The summed E-state index contributed by atoms with van der Waals surface area (Å²) in [5.74, 6) is 3.10. The first-order valence-electron chi connectivity index (χ1n) is 9.97. The number of hydrogen-bond donors (Lipinski definition) is 2. The minimum Gasteiger partial charge on any atom is -0.492 e. The molecule has 1 fully saturated rings. The molecule has 0 radical (unpaired) electrons. The van der Waals surface area contributed by atoms with E-state index in [0.29, 0.717) is 13.2 Å². The Labute approximate surface area is 185 Å². The highest BCUT2D eigenvalue weighted by atomic mass is 127. The molecule has 1 unspecified atom stereocenters. The molecule has 0 saturated carbocycles. The van der Waals surface area contributed by atoms with Gasteiger partial charge in [-0.2, -0.15) is 0 Å². The van der Waals surface area contributed by atoms with Gasteiger partial charge in [-0.3, -0.25) is 4.99 Å². The number of guanidine groups is 1. The van der Waals surface area contributed by atoms with E-state index in [1.54, 1.807) is 7.05 Å². The molecule has 2 heterocycles. The smallest absolute Gasteiger partial charge is 0.231 e. The van der Waals surface area contributed by atoms with Crippen LogP contribution in [0.5, 0.6) is 17.2 Å². The van der Waals surface area contributed by atoms with E-state index in [2.05, 4.69) is 27.4 Å². The summed E-state index contributed by atoms with van der Waals surface area (Å²) in [4.78, 5) is 6.87. The Hall–Kier alpha value is -1.42. The van der Waals surface area contributed by atoms with Gasteiger partial charge in [0, 0.05) is 32.2 Å². The molecule has 0 aliphatic carbocycles. The number of halogens is 1. The highest BCUT2D eigenvalue weighted by Crippen LogP contribution is 2.34. The van der Waals surface area contributed by atoms with Gasteiger partial charge in [0.2, 0.25) is 6.79 Å². The Kier molecular flexibility index (Phi) is 9.97. The van der Waals surface area contributed by atoms with E-state index in [0.717, 1.165) is 48.8 Å². The molecule has 2 aliphatic rings. The van der Waals surface area contributed by atoms with Gasteiger partial charge in [0.1, 0.15) is 12.4 Å². The van der Waals surface area contributed by atoms with Gasteiger partial charge in [0.15, 0.2) is 17.5 Å². The summed E-state index contributed by atoms with van der Waals surface area (Å²) in [6, 6.07) is 6.35. The number of nitrogens with zero attached hydrogens (tertiary/aromatic N) is 2. The lowest BCUT2D eigenvalue weighted by atomic mass is 10.0. The molecule has 1 saturated heterocycles. The molecule has 0 spiro atoms. The van der Waals surface area contributed by atoms with Crippen LogP contribution in [0.1, 0.15) is 32.6 Å². The van der Waals surface area contributed by atoms with E-state index >= 15 is 0 Å². The van der Waals surface area contributed by atoms with Crippen LogP contribution in [0.2, 0.25) is 0 Å². The maximum Gasteiger partial charge on any atom is 0.231 e. The van der Waals surface area contributed by atoms with Crippen LogP contribution >= 0.6 is 24.0 Å². The van der Waals surface area contributed by atoms with E-state index in [4.69, 9.17) is 14.2 Å². The zero-order valence-corrected chi connectivity index (χ0v) is 19.2. The molecule has 0 bridgehead atoms. The number of aliphatic imine (C=N–C) groups is 1. The minimum atomic E-state index is 0. The zero-order chi connectivity index (χ0) is 18.9. The first-order chi connectivity index (χ1) is 13.3. The number of rotatable bonds is 8. The van der Waals surface area contributed by atoms with Crippen LogP contribution in [-0.4, -0.2) is 63.5 Å². The summed E-state index contributed by atoms with van der Waals surface area (Å²) < 4.78 is 16.4. The van der Waals surface area contributed by atoms with Gasteiger partial charge in [0.25, 0.3) is 0 Å². The molecule has 158 valence electrons. The quantitative estimate of drug-likeness (QED) is 0.246. The Morgan fingerprint density at radius 1 is 1.21 bits per heavy atom. The van der Waals surface area contributed by atoms with Gasteiger partial charge in [-0.05, 0) is 44.9 Å². The van der Waals surface area contributed by atoms with Crippen LogP contribution in [-0.2, 0) is 0 Å². The largest absolute Gasteiger partial charge is 0.492 e. The fraction of sp³-hybridized carbons (Fsp3) is 0.650. The average molecular weight is 504 g/mol. The van der Waals surface area contributed by atoms with Crippen LogP contribution in [0.25, 0.3) is 0 Å². The third-order valence-electron chi connectivity index (χ3n) is 5.09. The second-order valence-corrected chi connectivity index (χ2v) is 7.02. The lowest BCUT2D eigenvalue weighted by Gasteiger charge is -2.33. The van der Waals surface area contributed by atoms with Gasteiger partial charge in [-0.15, -0.1) is 24.0 Å². The van der Waals surface area contributed by atoms with Crippen molar-refractivity contribution in [2.75, 3.05) is 46.6 Å². The molecular weight excluding hydrogens is 471 g/mol. The minimum absolute atomic E-state index is 0. The highest BCUT2D eigenvalue weighted by Gasteiger charge is 2.17. The van der Waals surface area contributed by atoms with E-state index < -0.39 is 0 Å². The first-order valence-corrected chi connectivity index (χ1v) is 9.97. The molecule has 1 aromatic carbocycles. The second kappa shape index (κ2) is 12.2. The SMILES string of the molecule is CN=C(NCCCN1CCCCC1C)NCCOc1ccc2c(c1)OCO2.I. The molecule has 1 atom stereocenters. The molecule has 2 N–H and O–H groups in total. The van der Waals surface area contributed by atoms with Crippen molar-refractivity contribution in [2.45, 2.75) is 38.6 Å². The van der Waals surface area contributed by atoms with E-state index in [9.17, 15) is 0 Å². The predicted molar refractivity (Wildman–Crippen MR) is 122 cm³/mol. The summed E-state index contributed by atoms with van der Waals surface area (Å²) in [6.07, 6.45) is 5.17. The van der Waals surface area contributed by atoms with Gasteiger partial charge in [-0.1, -0.05) is 6.42 Å². The van der Waals surface area contributed by atoms with Crippen molar-refractivity contribution in [1.29, 1.82) is 0 Å². The van der Waals surface area contributed by atoms with Crippen LogP contribution in [0.3, 0.4) is 0 Å². The van der Waals surface area contributed by atoms with E-state index in [1.807, 2.05) is 18.2 Å². The summed E-state index contributed by atoms with van der Waals surface area (Å²) in [7, 11) is 1.79. The van der Waals surface area contributed by atoms with Crippen LogP contribution in [0.15, 0.2) is 23.2 Å². The molecule has 0 aromatic heterocycles. The maximum absolute atomic E-state index is 5.76. The molecule has 1 aromatic rings. The fourth-order valence-corrected chi connectivity index (χ4v) is 3.50. The standard InChI is InChI=1S/C20H32N4O3.HI/c1-16-6-3-4-11-24(16)12-5-9-22-20(21-2)23-10-13-25-17-7-8-18-19(14-17)27-15-26-18;/h7-8,14,16H,3-6,9-13,15H2,1-2H3,(H2,21,22,23);1H. The van der Waals surface area contributed by atoms with Gasteiger partial charge in [-0.25, -0.2) is 0 Å². The number of hydrogen-bond acceptors (Lipinski definition) is 5. The third kappa shape index (κ3) is 6.88. The molecule has 2 aliphatic heterocycles. The maximum atomic E-state index is 5.76. The van der Waals surface area contributed by atoms with Crippen molar-refractivity contribution in [3.05, 3.63) is 18.2 Å². The summed E-state index contributed by atoms with van der Waals surface area (Å²) in [5, 5.41) is 6.66. The molecular formula is C20H33IN4O3. The summed E-state index contributed by atoms with van der Waals surface area (Å²) in [6.45, 7) is 7.16. The fourth-order valence-electron chi connectivity index (χ4n) is 3.50. The molecule has 8 heteroatoms. The highest BCUT2D eigenvalue weighted by molar-refractivity contribution is 14.0. The number of nitrogens with one attached hydrogen (secondary N) is 2. The number of fused-ring (bicyclic) bond motifs is 1. The molecule has 0 amide bonds.